The van der Waals surface area contributed by atoms with Crippen LogP contribution in [0.25, 0.3) is 0 Å². The molecule has 1 aliphatic rings. The molecule has 0 saturated carbocycles. The van der Waals surface area contributed by atoms with E-state index in [0.29, 0.717) is 6.42 Å². The molecule has 1 atom stereocenters. The lowest BCUT2D eigenvalue weighted by Crippen LogP contribution is -2.55. The summed E-state index contributed by atoms with van der Waals surface area (Å²) < 4.78 is 0. The van der Waals surface area contributed by atoms with Crippen LogP contribution in [0, 0.1) is 0 Å². The molecule has 1 fully saturated rings. The van der Waals surface area contributed by atoms with E-state index >= 15 is 0 Å². The normalized spacial score (nSPS) is 19.5. The van der Waals surface area contributed by atoms with Gasteiger partial charge in [0.1, 0.15) is 0 Å². The van der Waals surface area contributed by atoms with Crippen LogP contribution in [-0.4, -0.2) is 59.0 Å². The van der Waals surface area contributed by atoms with Crippen molar-refractivity contribution in [3.05, 3.63) is 0 Å². The highest BCUT2D eigenvalue weighted by molar-refractivity contribution is 5.85. The maximum absolute atomic E-state index is 11.8. The van der Waals surface area contributed by atoms with Gasteiger partial charge in [-0.25, -0.2) is 0 Å². The zero-order valence-corrected chi connectivity index (χ0v) is 12.0. The summed E-state index contributed by atoms with van der Waals surface area (Å²) >= 11 is 0. The van der Waals surface area contributed by atoms with Gasteiger partial charge in [0.15, 0.2) is 5.84 Å². The Bertz CT molecular complexity index is 312. The van der Waals surface area contributed by atoms with E-state index in [-0.39, 0.29) is 17.8 Å². The second kappa shape index (κ2) is 7.99. The number of hydrogen-bond donors (Lipinski definition) is 2. The molecule has 1 rings (SSSR count). The monoisotopic (exact) mass is 270 g/mol. The molecule has 1 aliphatic heterocycles. The lowest BCUT2D eigenvalue weighted by Gasteiger charge is -2.38. The molecule has 3 N–H and O–H groups in total. The Hall–Kier alpha value is -1.30. The molecule has 110 valence electrons. The summed E-state index contributed by atoms with van der Waals surface area (Å²) in [5, 5.41) is 12.0. The number of amides is 1. The van der Waals surface area contributed by atoms with Crippen molar-refractivity contribution in [1.29, 1.82) is 0 Å². The van der Waals surface area contributed by atoms with E-state index in [1.807, 2.05) is 11.8 Å². The summed E-state index contributed by atoms with van der Waals surface area (Å²) in [4.78, 5) is 15.9. The van der Waals surface area contributed by atoms with Crippen LogP contribution < -0.4 is 5.73 Å². The molecule has 0 aromatic rings. The van der Waals surface area contributed by atoms with Gasteiger partial charge in [-0.15, -0.1) is 0 Å². The van der Waals surface area contributed by atoms with E-state index in [2.05, 4.69) is 17.0 Å². The molecule has 1 amide bonds. The van der Waals surface area contributed by atoms with Crippen molar-refractivity contribution >= 4 is 11.7 Å². The highest BCUT2D eigenvalue weighted by Gasteiger charge is 2.27. The number of hydrogen-bond acceptors (Lipinski definition) is 4. The van der Waals surface area contributed by atoms with E-state index in [1.165, 1.54) is 0 Å². The SMILES string of the molecule is CCCC(=O)N1CCN(C(CCC)C(N)=NO)CC1. The first-order chi connectivity index (χ1) is 9.13. The van der Waals surface area contributed by atoms with Crippen LogP contribution in [0.4, 0.5) is 0 Å². The summed E-state index contributed by atoms with van der Waals surface area (Å²) in [6, 6.07) is -0.0153. The fourth-order valence-electron chi connectivity index (χ4n) is 2.51. The summed E-state index contributed by atoms with van der Waals surface area (Å²) in [7, 11) is 0. The van der Waals surface area contributed by atoms with Crippen molar-refractivity contribution in [3.63, 3.8) is 0 Å². The minimum Gasteiger partial charge on any atom is -0.409 e. The average molecular weight is 270 g/mol. The third kappa shape index (κ3) is 4.38. The third-order valence-electron chi connectivity index (χ3n) is 3.59. The van der Waals surface area contributed by atoms with Gasteiger partial charge in [-0.2, -0.15) is 0 Å². The molecule has 6 nitrogen and oxygen atoms in total. The highest BCUT2D eigenvalue weighted by atomic mass is 16.4. The maximum Gasteiger partial charge on any atom is 0.222 e. The molecular formula is C13H26N4O2. The van der Waals surface area contributed by atoms with Crippen molar-refractivity contribution < 1.29 is 10.0 Å². The third-order valence-corrected chi connectivity index (χ3v) is 3.59. The molecule has 6 heteroatoms. The number of oxime groups is 1. The van der Waals surface area contributed by atoms with Crippen molar-refractivity contribution in [1.82, 2.24) is 9.80 Å². The second-order valence-corrected chi connectivity index (χ2v) is 5.00. The van der Waals surface area contributed by atoms with E-state index in [9.17, 15) is 4.79 Å². The van der Waals surface area contributed by atoms with Crippen molar-refractivity contribution in [2.24, 2.45) is 10.9 Å². The minimum atomic E-state index is -0.0153. The van der Waals surface area contributed by atoms with Crippen LogP contribution >= 0.6 is 0 Å². The molecule has 1 saturated heterocycles. The van der Waals surface area contributed by atoms with Gasteiger partial charge in [-0.3, -0.25) is 9.69 Å². The molecule has 0 radical (unpaired) electrons. The minimum absolute atomic E-state index is 0.0153. The Labute approximate surface area is 115 Å². The lowest BCUT2D eigenvalue weighted by atomic mass is 10.1. The van der Waals surface area contributed by atoms with Crippen LogP contribution in [0.2, 0.25) is 0 Å². The number of rotatable bonds is 6. The van der Waals surface area contributed by atoms with Crippen LogP contribution in [0.1, 0.15) is 39.5 Å². The highest BCUT2D eigenvalue weighted by Crippen LogP contribution is 2.12. The Kier molecular flexibility index (Phi) is 6.62. The molecule has 0 spiro atoms. The Morgan fingerprint density at radius 2 is 1.89 bits per heavy atom. The molecular weight excluding hydrogens is 244 g/mol. The molecule has 0 bridgehead atoms. The Balaban J connectivity index is 2.53. The van der Waals surface area contributed by atoms with E-state index in [0.717, 1.165) is 45.4 Å². The summed E-state index contributed by atoms with van der Waals surface area (Å²) in [5.41, 5.74) is 5.75. The first-order valence-electron chi connectivity index (χ1n) is 7.13. The summed E-state index contributed by atoms with van der Waals surface area (Å²) in [6.07, 6.45) is 3.37. The van der Waals surface area contributed by atoms with E-state index in [4.69, 9.17) is 10.9 Å². The molecule has 1 unspecified atom stereocenters. The predicted octanol–water partition coefficient (Wildman–Crippen LogP) is 0.846. The first-order valence-corrected chi connectivity index (χ1v) is 7.13. The zero-order valence-electron chi connectivity index (χ0n) is 12.0. The van der Waals surface area contributed by atoms with E-state index < -0.39 is 0 Å². The number of piperazine rings is 1. The fraction of sp³-hybridized carbons (Fsp3) is 0.846. The quantitative estimate of drug-likeness (QED) is 0.324. The van der Waals surface area contributed by atoms with Crippen LogP contribution in [0.15, 0.2) is 5.16 Å². The van der Waals surface area contributed by atoms with Gasteiger partial charge in [0, 0.05) is 32.6 Å². The molecule has 19 heavy (non-hydrogen) atoms. The number of nitrogens with zero attached hydrogens (tertiary/aromatic N) is 3. The van der Waals surface area contributed by atoms with Gasteiger partial charge in [0.25, 0.3) is 0 Å². The maximum atomic E-state index is 11.8. The lowest BCUT2D eigenvalue weighted by molar-refractivity contribution is -0.133. The van der Waals surface area contributed by atoms with Crippen LogP contribution in [-0.2, 0) is 4.79 Å². The Morgan fingerprint density at radius 1 is 1.26 bits per heavy atom. The number of amidine groups is 1. The number of carbonyl (C=O) groups is 1. The van der Waals surface area contributed by atoms with Crippen molar-refractivity contribution in [2.45, 2.75) is 45.6 Å². The van der Waals surface area contributed by atoms with E-state index in [1.54, 1.807) is 0 Å². The van der Waals surface area contributed by atoms with Crippen LogP contribution in [0.3, 0.4) is 0 Å². The first kappa shape index (κ1) is 15.8. The largest absolute Gasteiger partial charge is 0.409 e. The smallest absolute Gasteiger partial charge is 0.222 e. The topological polar surface area (TPSA) is 82.2 Å². The number of nitrogens with two attached hydrogens (primary N) is 1. The van der Waals surface area contributed by atoms with Crippen molar-refractivity contribution in [3.8, 4) is 0 Å². The van der Waals surface area contributed by atoms with Gasteiger partial charge in [0.05, 0.1) is 6.04 Å². The van der Waals surface area contributed by atoms with Gasteiger partial charge >= 0.3 is 0 Å². The predicted molar refractivity (Wildman–Crippen MR) is 75.2 cm³/mol. The zero-order chi connectivity index (χ0) is 14.3. The standard InChI is InChI=1S/C13H26N4O2/c1-3-5-11(13(14)15-19)16-7-9-17(10-8-16)12(18)6-4-2/h11,19H,3-10H2,1-2H3,(H2,14,15). The molecule has 0 aliphatic carbocycles. The molecule has 0 aromatic heterocycles. The molecule has 1 heterocycles. The summed E-state index contributed by atoms with van der Waals surface area (Å²) in [5.74, 6) is 0.508. The Morgan fingerprint density at radius 3 is 2.37 bits per heavy atom. The van der Waals surface area contributed by atoms with Crippen molar-refractivity contribution in [2.75, 3.05) is 26.2 Å². The van der Waals surface area contributed by atoms with Crippen LogP contribution in [0.5, 0.6) is 0 Å². The van der Waals surface area contributed by atoms with Gasteiger partial charge < -0.3 is 15.8 Å². The second-order valence-electron chi connectivity index (χ2n) is 5.00. The van der Waals surface area contributed by atoms with Gasteiger partial charge in [-0.1, -0.05) is 25.4 Å². The van der Waals surface area contributed by atoms with Gasteiger partial charge in [0.2, 0.25) is 5.91 Å². The number of carbonyl (C=O) groups excluding carboxylic acids is 1. The van der Waals surface area contributed by atoms with Gasteiger partial charge in [-0.05, 0) is 12.8 Å². The summed E-state index contributed by atoms with van der Waals surface area (Å²) in [6.45, 7) is 7.14. The fourth-order valence-corrected chi connectivity index (χ4v) is 2.51. The average Bonchev–Trinajstić information content (AvgIpc) is 2.44. The molecule has 0 aromatic carbocycles.